The Hall–Kier alpha value is -2.83. The molecule has 0 aliphatic heterocycles. The normalized spacial score (nSPS) is 12.8. The van der Waals surface area contributed by atoms with Crippen molar-refractivity contribution in [3.05, 3.63) is 48.0 Å². The molecular weight excluding hydrogens is 334 g/mol. The first-order valence-electron chi connectivity index (χ1n) is 8.42. The molecule has 0 aliphatic carbocycles. The lowest BCUT2D eigenvalue weighted by molar-refractivity contribution is -0.129. The van der Waals surface area contributed by atoms with Gasteiger partial charge in [0.1, 0.15) is 18.7 Å². The van der Waals surface area contributed by atoms with Crippen molar-refractivity contribution in [3.8, 4) is 0 Å². The quantitative estimate of drug-likeness (QED) is 0.583. The lowest BCUT2D eigenvalue weighted by Crippen LogP contribution is -2.54. The number of hydrogen-bond donors (Lipinski definition) is 3. The van der Waals surface area contributed by atoms with Crippen molar-refractivity contribution in [2.75, 3.05) is 0 Å². The van der Waals surface area contributed by atoms with Crippen LogP contribution in [0.1, 0.15) is 32.8 Å². The standard InChI is InChI=1S/C19H27N3O4/c1-12(2)10-15(17(20)23)21-18(24)16(13(3)4)22-19(25)26-11-14-8-6-5-7-9-14/h5-9,13,15-16H,1,10-11H2,2-4H3,(H2,20,23)(H,21,24)(H,22,25)/t15-,16+/m0/s1. The number of benzene rings is 1. The number of carbonyl (C=O) groups excluding carboxylic acids is 3. The van der Waals surface area contributed by atoms with E-state index >= 15 is 0 Å². The molecule has 0 heterocycles. The summed E-state index contributed by atoms with van der Waals surface area (Å²) in [6.45, 7) is 9.11. The van der Waals surface area contributed by atoms with E-state index in [-0.39, 0.29) is 18.9 Å². The van der Waals surface area contributed by atoms with Gasteiger partial charge in [0.15, 0.2) is 0 Å². The van der Waals surface area contributed by atoms with Crippen molar-refractivity contribution in [3.63, 3.8) is 0 Å². The van der Waals surface area contributed by atoms with E-state index in [0.29, 0.717) is 5.57 Å². The number of hydrogen-bond acceptors (Lipinski definition) is 4. The van der Waals surface area contributed by atoms with Crippen molar-refractivity contribution in [2.24, 2.45) is 11.7 Å². The van der Waals surface area contributed by atoms with Crippen molar-refractivity contribution >= 4 is 17.9 Å². The van der Waals surface area contributed by atoms with E-state index in [1.165, 1.54) is 0 Å². The van der Waals surface area contributed by atoms with Crippen molar-refractivity contribution in [1.82, 2.24) is 10.6 Å². The minimum atomic E-state index is -0.872. The molecule has 0 radical (unpaired) electrons. The molecule has 0 saturated heterocycles. The fourth-order valence-electron chi connectivity index (χ4n) is 2.26. The van der Waals surface area contributed by atoms with Crippen LogP contribution in [0.15, 0.2) is 42.5 Å². The average Bonchev–Trinajstić information content (AvgIpc) is 2.57. The van der Waals surface area contributed by atoms with E-state index < -0.39 is 30.0 Å². The smallest absolute Gasteiger partial charge is 0.408 e. The molecule has 1 rings (SSSR count). The summed E-state index contributed by atoms with van der Waals surface area (Å²) in [5.41, 5.74) is 6.87. The molecule has 7 nitrogen and oxygen atoms in total. The summed E-state index contributed by atoms with van der Waals surface area (Å²) in [5, 5.41) is 5.10. The maximum absolute atomic E-state index is 12.5. The molecule has 3 amide bonds. The third-order valence-corrected chi connectivity index (χ3v) is 3.65. The minimum Gasteiger partial charge on any atom is -0.445 e. The van der Waals surface area contributed by atoms with Gasteiger partial charge in [-0.1, -0.05) is 49.8 Å². The van der Waals surface area contributed by atoms with Crippen LogP contribution >= 0.6 is 0 Å². The molecule has 0 bridgehead atoms. The highest BCUT2D eigenvalue weighted by Crippen LogP contribution is 2.07. The van der Waals surface area contributed by atoms with Crippen LogP contribution in [0.5, 0.6) is 0 Å². The molecule has 26 heavy (non-hydrogen) atoms. The van der Waals surface area contributed by atoms with Gasteiger partial charge in [0.2, 0.25) is 11.8 Å². The third kappa shape index (κ3) is 7.38. The Morgan fingerprint density at radius 1 is 1.15 bits per heavy atom. The number of rotatable bonds is 9. The first kappa shape index (κ1) is 21.2. The van der Waals surface area contributed by atoms with Crippen molar-refractivity contribution in [2.45, 2.75) is 45.9 Å². The van der Waals surface area contributed by atoms with E-state index in [1.807, 2.05) is 30.3 Å². The number of primary amides is 1. The molecule has 4 N–H and O–H groups in total. The number of nitrogens with one attached hydrogen (secondary N) is 2. The molecule has 142 valence electrons. The van der Waals surface area contributed by atoms with Crippen molar-refractivity contribution < 1.29 is 19.1 Å². The summed E-state index contributed by atoms with van der Waals surface area (Å²) in [6, 6.07) is 7.47. The number of amides is 3. The molecule has 0 aromatic heterocycles. The zero-order valence-electron chi connectivity index (χ0n) is 15.5. The monoisotopic (exact) mass is 361 g/mol. The van der Waals surface area contributed by atoms with Gasteiger partial charge >= 0.3 is 6.09 Å². The third-order valence-electron chi connectivity index (χ3n) is 3.65. The van der Waals surface area contributed by atoms with Gasteiger partial charge in [0, 0.05) is 0 Å². The second kappa shape index (κ2) is 10.2. The number of ether oxygens (including phenoxy) is 1. The predicted octanol–water partition coefficient (Wildman–Crippen LogP) is 1.87. The highest BCUT2D eigenvalue weighted by Gasteiger charge is 2.28. The number of nitrogens with two attached hydrogens (primary N) is 1. The summed E-state index contributed by atoms with van der Waals surface area (Å²) in [5.74, 6) is -1.37. The Morgan fingerprint density at radius 2 is 1.77 bits per heavy atom. The molecule has 0 saturated carbocycles. The first-order chi connectivity index (χ1) is 12.2. The van der Waals surface area contributed by atoms with Crippen LogP contribution in [0.3, 0.4) is 0 Å². The second-order valence-electron chi connectivity index (χ2n) is 6.55. The molecular formula is C19H27N3O4. The molecule has 0 aliphatic rings. The summed E-state index contributed by atoms with van der Waals surface area (Å²) in [6.07, 6.45) is -0.470. The fraction of sp³-hybridized carbons (Fsp3) is 0.421. The van der Waals surface area contributed by atoms with Gasteiger partial charge in [-0.25, -0.2) is 4.79 Å². The molecule has 0 unspecified atom stereocenters. The maximum Gasteiger partial charge on any atom is 0.408 e. The minimum absolute atomic E-state index is 0.0959. The van der Waals surface area contributed by atoms with Gasteiger partial charge in [-0.2, -0.15) is 0 Å². The second-order valence-corrected chi connectivity index (χ2v) is 6.55. The van der Waals surface area contributed by atoms with Crippen LogP contribution in [-0.2, 0) is 20.9 Å². The van der Waals surface area contributed by atoms with Crippen molar-refractivity contribution in [1.29, 1.82) is 0 Å². The van der Waals surface area contributed by atoms with Gasteiger partial charge in [-0.3, -0.25) is 9.59 Å². The molecule has 1 aromatic carbocycles. The maximum atomic E-state index is 12.5. The Kier molecular flexibility index (Phi) is 8.34. The van der Waals surface area contributed by atoms with E-state index in [1.54, 1.807) is 20.8 Å². The van der Waals surface area contributed by atoms with Gasteiger partial charge < -0.3 is 21.1 Å². The van der Waals surface area contributed by atoms with Crippen LogP contribution in [-0.4, -0.2) is 30.0 Å². The highest BCUT2D eigenvalue weighted by molar-refractivity contribution is 5.91. The van der Waals surface area contributed by atoms with Gasteiger partial charge in [0.05, 0.1) is 0 Å². The van der Waals surface area contributed by atoms with Gasteiger partial charge in [-0.15, -0.1) is 6.58 Å². The summed E-state index contributed by atoms with van der Waals surface area (Å²) < 4.78 is 5.14. The molecule has 0 spiro atoms. The lowest BCUT2D eigenvalue weighted by atomic mass is 10.0. The Morgan fingerprint density at radius 3 is 2.27 bits per heavy atom. The number of carbonyl (C=O) groups is 3. The van der Waals surface area contributed by atoms with Crippen LogP contribution in [0, 0.1) is 5.92 Å². The zero-order chi connectivity index (χ0) is 19.7. The van der Waals surface area contributed by atoms with E-state index in [0.717, 1.165) is 5.56 Å². The summed E-state index contributed by atoms with van der Waals surface area (Å²) >= 11 is 0. The van der Waals surface area contributed by atoms with E-state index in [9.17, 15) is 14.4 Å². The van der Waals surface area contributed by atoms with Crippen LogP contribution in [0.25, 0.3) is 0 Å². The largest absolute Gasteiger partial charge is 0.445 e. The van der Waals surface area contributed by atoms with E-state index in [2.05, 4.69) is 17.2 Å². The summed E-state index contributed by atoms with van der Waals surface area (Å²) in [4.78, 5) is 36.0. The Bertz CT molecular complexity index is 643. The SMILES string of the molecule is C=C(C)C[C@H](NC(=O)[C@H](NC(=O)OCc1ccccc1)C(C)C)C(N)=O. The zero-order valence-corrected chi connectivity index (χ0v) is 15.5. The molecule has 0 fully saturated rings. The Balaban J connectivity index is 2.65. The van der Waals surface area contributed by atoms with Gasteiger partial charge in [0.25, 0.3) is 0 Å². The van der Waals surface area contributed by atoms with Crippen LogP contribution in [0.2, 0.25) is 0 Å². The summed E-state index contributed by atoms with van der Waals surface area (Å²) in [7, 11) is 0. The van der Waals surface area contributed by atoms with Crippen LogP contribution < -0.4 is 16.4 Å². The van der Waals surface area contributed by atoms with E-state index in [4.69, 9.17) is 10.5 Å². The fourth-order valence-corrected chi connectivity index (χ4v) is 2.26. The lowest BCUT2D eigenvalue weighted by Gasteiger charge is -2.24. The van der Waals surface area contributed by atoms with Gasteiger partial charge in [-0.05, 0) is 24.8 Å². The van der Waals surface area contributed by atoms with Crippen LogP contribution in [0.4, 0.5) is 4.79 Å². The average molecular weight is 361 g/mol. The highest BCUT2D eigenvalue weighted by atomic mass is 16.5. The molecule has 2 atom stereocenters. The molecule has 1 aromatic rings. The first-order valence-corrected chi connectivity index (χ1v) is 8.42. The Labute approximate surface area is 154 Å². The number of alkyl carbamates (subject to hydrolysis) is 1. The predicted molar refractivity (Wildman–Crippen MR) is 98.9 cm³/mol. The topological polar surface area (TPSA) is 111 Å². The molecule has 7 heteroatoms.